The largest absolute Gasteiger partial charge is 0.418 e. The first-order valence-electron chi connectivity index (χ1n) is 15.0. The van der Waals surface area contributed by atoms with E-state index in [9.17, 15) is 49.1 Å². The van der Waals surface area contributed by atoms with Crippen LogP contribution in [0.15, 0.2) is 77.3 Å². The minimum Gasteiger partial charge on any atom is -0.380 e. The second-order valence-corrected chi connectivity index (χ2v) is 14.2. The molecule has 1 unspecified atom stereocenters. The van der Waals surface area contributed by atoms with Crippen molar-refractivity contribution in [2.75, 3.05) is 4.31 Å². The Labute approximate surface area is 272 Å². The van der Waals surface area contributed by atoms with Crippen molar-refractivity contribution in [3.8, 4) is 0 Å². The molecule has 1 aliphatic heterocycles. The number of fused-ring (bicyclic) bond motifs is 2. The molecule has 258 valence electrons. The van der Waals surface area contributed by atoms with E-state index >= 15 is 0 Å². The molecule has 5 rings (SSSR count). The number of amides is 1. The van der Waals surface area contributed by atoms with E-state index in [1.54, 1.807) is 19.9 Å². The lowest BCUT2D eigenvalue weighted by molar-refractivity contribution is -0.273. The Morgan fingerprint density at radius 1 is 1.02 bits per heavy atom. The summed E-state index contributed by atoms with van der Waals surface area (Å²) >= 11 is 0. The lowest BCUT2D eigenvalue weighted by Gasteiger charge is -2.46. The van der Waals surface area contributed by atoms with Crippen LogP contribution >= 0.6 is 0 Å². The van der Waals surface area contributed by atoms with Crippen molar-refractivity contribution in [3.63, 3.8) is 0 Å². The number of alkyl halides is 6. The molecule has 1 amide bonds. The summed E-state index contributed by atoms with van der Waals surface area (Å²) in [6.07, 6.45) is -8.84. The van der Waals surface area contributed by atoms with E-state index in [4.69, 9.17) is 0 Å². The van der Waals surface area contributed by atoms with Crippen molar-refractivity contribution in [2.24, 2.45) is 0 Å². The minimum atomic E-state index is -4.95. The molecule has 1 saturated carbocycles. The molecule has 1 aromatic heterocycles. The Hall–Kier alpha value is -3.98. The zero-order chi connectivity index (χ0) is 35.3. The average molecular weight is 700 g/mol. The van der Waals surface area contributed by atoms with E-state index in [1.165, 1.54) is 18.2 Å². The molecule has 2 heterocycles. The zero-order valence-corrected chi connectivity index (χ0v) is 26.6. The SMILES string of the molecule is CC(C)=CCC1N(S(=O)(=O)c2ccc(F)cc2)c2ccc(C(=O)NCc3ncccc3C(F)(F)F)cc2C12CCC(O)(C(F)(F)F)CC2. The lowest BCUT2D eigenvalue weighted by Crippen LogP contribution is -2.55. The summed E-state index contributed by atoms with van der Waals surface area (Å²) in [5.41, 5.74) is -4.75. The molecule has 0 saturated heterocycles. The van der Waals surface area contributed by atoms with Gasteiger partial charge in [-0.1, -0.05) is 11.6 Å². The van der Waals surface area contributed by atoms with Crippen molar-refractivity contribution < 1.29 is 49.1 Å². The summed E-state index contributed by atoms with van der Waals surface area (Å²) < 4.78 is 126. The Morgan fingerprint density at radius 3 is 2.25 bits per heavy atom. The predicted molar refractivity (Wildman–Crippen MR) is 162 cm³/mol. The van der Waals surface area contributed by atoms with Crippen LogP contribution in [-0.2, 0) is 28.2 Å². The van der Waals surface area contributed by atoms with Crippen molar-refractivity contribution in [1.82, 2.24) is 10.3 Å². The Balaban J connectivity index is 1.61. The maximum Gasteiger partial charge on any atom is 0.418 e. The Morgan fingerprint density at radius 2 is 1.67 bits per heavy atom. The van der Waals surface area contributed by atoms with Crippen LogP contribution in [0, 0.1) is 5.82 Å². The molecular weight excluding hydrogens is 667 g/mol. The molecule has 3 aromatic rings. The van der Waals surface area contributed by atoms with E-state index in [0.29, 0.717) is 0 Å². The quantitative estimate of drug-likeness (QED) is 0.201. The van der Waals surface area contributed by atoms with Gasteiger partial charge < -0.3 is 10.4 Å². The molecule has 7 nitrogen and oxygen atoms in total. The molecule has 2 aromatic carbocycles. The fourth-order valence-corrected chi connectivity index (χ4v) is 8.37. The number of aromatic nitrogens is 1. The molecule has 0 radical (unpaired) electrons. The number of pyridine rings is 1. The second kappa shape index (κ2) is 12.5. The number of carbonyl (C=O) groups excluding carboxylic acids is 1. The van der Waals surface area contributed by atoms with E-state index in [0.717, 1.165) is 52.5 Å². The smallest absolute Gasteiger partial charge is 0.380 e. The third kappa shape index (κ3) is 6.41. The van der Waals surface area contributed by atoms with E-state index in [-0.39, 0.29) is 41.0 Å². The van der Waals surface area contributed by atoms with Crippen LogP contribution in [0.2, 0.25) is 0 Å². The summed E-state index contributed by atoms with van der Waals surface area (Å²) in [6.45, 7) is 2.94. The van der Waals surface area contributed by atoms with Crippen LogP contribution < -0.4 is 9.62 Å². The first-order chi connectivity index (χ1) is 22.3. The Bertz CT molecular complexity index is 1830. The van der Waals surface area contributed by atoms with Crippen LogP contribution in [0.25, 0.3) is 0 Å². The highest BCUT2D eigenvalue weighted by molar-refractivity contribution is 7.92. The standard InChI is InChI=1S/C33H32F7N3O4S/c1-20(2)5-12-28-30(13-15-31(45,16-14-30)33(38,39)40)25-18-21(29(44)42-19-26-24(32(35,36)37)4-3-17-41-26)6-11-27(25)43(28)48(46,47)23-9-7-22(34)8-10-23/h3-11,17-18,28,45H,12-16,19H2,1-2H3,(H,42,44). The van der Waals surface area contributed by atoms with Gasteiger partial charge in [-0.3, -0.25) is 14.1 Å². The molecule has 1 aliphatic carbocycles. The number of allylic oxidation sites excluding steroid dienone is 1. The van der Waals surface area contributed by atoms with Crippen molar-refractivity contribution in [3.05, 3.63) is 101 Å². The number of nitrogens with one attached hydrogen (secondary N) is 1. The number of aliphatic hydroxyl groups is 1. The number of anilines is 1. The number of hydrogen-bond donors (Lipinski definition) is 2. The van der Waals surface area contributed by atoms with Gasteiger partial charge in [0, 0.05) is 17.2 Å². The first-order valence-corrected chi connectivity index (χ1v) is 16.4. The Kier molecular flexibility index (Phi) is 9.18. The summed E-state index contributed by atoms with van der Waals surface area (Å²) in [5, 5.41) is 13.0. The molecule has 1 atom stereocenters. The number of hydrogen-bond acceptors (Lipinski definition) is 5. The molecule has 2 aliphatic rings. The topological polar surface area (TPSA) is 99.6 Å². The number of benzene rings is 2. The molecule has 0 bridgehead atoms. The van der Waals surface area contributed by atoms with Gasteiger partial charge in [-0.15, -0.1) is 0 Å². The molecule has 48 heavy (non-hydrogen) atoms. The number of sulfonamides is 1. The van der Waals surface area contributed by atoms with Gasteiger partial charge in [0.05, 0.1) is 34.4 Å². The summed E-state index contributed by atoms with van der Waals surface area (Å²) in [4.78, 5) is 16.8. The predicted octanol–water partition coefficient (Wildman–Crippen LogP) is 7.21. The first kappa shape index (κ1) is 35.3. The molecule has 1 fully saturated rings. The van der Waals surface area contributed by atoms with Gasteiger partial charge in [0.25, 0.3) is 15.9 Å². The monoisotopic (exact) mass is 699 g/mol. The van der Waals surface area contributed by atoms with Crippen LogP contribution in [0.5, 0.6) is 0 Å². The highest BCUT2D eigenvalue weighted by Crippen LogP contribution is 2.59. The maximum atomic E-state index is 14.2. The molecule has 1 spiro atoms. The van der Waals surface area contributed by atoms with Gasteiger partial charge in [0.2, 0.25) is 0 Å². The second-order valence-electron chi connectivity index (χ2n) is 12.4. The van der Waals surface area contributed by atoms with Gasteiger partial charge >= 0.3 is 12.4 Å². The molecular formula is C33H32F7N3O4S. The number of nitrogens with zero attached hydrogens (tertiary/aromatic N) is 2. The average Bonchev–Trinajstić information content (AvgIpc) is 3.28. The molecule has 2 N–H and O–H groups in total. The van der Waals surface area contributed by atoms with Gasteiger partial charge in [-0.2, -0.15) is 26.3 Å². The number of halogens is 7. The van der Waals surface area contributed by atoms with Crippen molar-refractivity contribution in [2.45, 2.75) is 86.8 Å². The third-order valence-corrected chi connectivity index (χ3v) is 11.0. The van der Waals surface area contributed by atoms with E-state index < -0.39 is 81.8 Å². The number of rotatable bonds is 7. The van der Waals surface area contributed by atoms with Gasteiger partial charge in [0.1, 0.15) is 5.82 Å². The fraction of sp³-hybridized carbons (Fsp3) is 0.394. The van der Waals surface area contributed by atoms with Gasteiger partial charge in [-0.25, -0.2) is 12.8 Å². The van der Waals surface area contributed by atoms with Crippen LogP contribution in [0.4, 0.5) is 36.4 Å². The normalized spacial score (nSPS) is 22.8. The highest BCUT2D eigenvalue weighted by atomic mass is 32.2. The van der Waals surface area contributed by atoms with Crippen LogP contribution in [0.3, 0.4) is 0 Å². The van der Waals surface area contributed by atoms with Crippen molar-refractivity contribution in [1.29, 1.82) is 0 Å². The highest BCUT2D eigenvalue weighted by Gasteiger charge is 2.62. The fourth-order valence-electron chi connectivity index (χ4n) is 6.62. The number of carbonyl (C=O) groups is 1. The molecule has 15 heteroatoms. The lowest BCUT2D eigenvalue weighted by atomic mass is 9.62. The summed E-state index contributed by atoms with van der Waals surface area (Å²) in [5.74, 6) is -1.51. The third-order valence-electron chi connectivity index (χ3n) is 9.18. The summed E-state index contributed by atoms with van der Waals surface area (Å²) in [6, 6.07) is 8.96. The van der Waals surface area contributed by atoms with Gasteiger partial charge in [0.15, 0.2) is 5.60 Å². The van der Waals surface area contributed by atoms with E-state index in [1.807, 2.05) is 0 Å². The zero-order valence-electron chi connectivity index (χ0n) is 25.8. The maximum absolute atomic E-state index is 14.2. The minimum absolute atomic E-state index is 0.0588. The van der Waals surface area contributed by atoms with Crippen LogP contribution in [-0.4, -0.2) is 42.2 Å². The summed E-state index contributed by atoms with van der Waals surface area (Å²) in [7, 11) is -4.46. The van der Waals surface area contributed by atoms with Crippen molar-refractivity contribution >= 4 is 21.6 Å². The van der Waals surface area contributed by atoms with Gasteiger partial charge in [-0.05, 0) is 106 Å². The van der Waals surface area contributed by atoms with E-state index in [2.05, 4.69) is 10.3 Å². The van der Waals surface area contributed by atoms with Crippen LogP contribution in [0.1, 0.15) is 73.1 Å².